The van der Waals surface area contributed by atoms with E-state index in [2.05, 4.69) is 15.5 Å². The zero-order valence-corrected chi connectivity index (χ0v) is 16.6. The number of rotatable bonds is 6. The minimum Gasteiger partial charge on any atom is -0.326 e. The number of hydrogen-bond acceptors (Lipinski definition) is 5. The standard InChI is InChI=1S/C21H21N5OS/c1-3-14(4-2)21(27)22-16-8-5-7-15(13-16)17-10-11-19-23-24-20(26(19)25-17)18-9-6-12-28-18/h5-14H,3-4H2,1-2H3,(H,22,27). The molecule has 142 valence electrons. The third kappa shape index (κ3) is 3.53. The van der Waals surface area contributed by atoms with Crippen molar-refractivity contribution in [3.8, 4) is 22.0 Å². The smallest absolute Gasteiger partial charge is 0.227 e. The maximum atomic E-state index is 12.4. The number of carbonyl (C=O) groups is 1. The molecule has 0 spiro atoms. The molecule has 0 atom stereocenters. The summed E-state index contributed by atoms with van der Waals surface area (Å²) < 4.78 is 1.76. The normalized spacial score (nSPS) is 11.2. The van der Waals surface area contributed by atoms with Crippen LogP contribution in [0, 0.1) is 5.92 Å². The van der Waals surface area contributed by atoms with E-state index < -0.39 is 0 Å². The molecule has 1 amide bonds. The number of nitrogens with one attached hydrogen (secondary N) is 1. The van der Waals surface area contributed by atoms with Crippen LogP contribution in [0.5, 0.6) is 0 Å². The summed E-state index contributed by atoms with van der Waals surface area (Å²) in [6.07, 6.45) is 1.67. The van der Waals surface area contributed by atoms with E-state index in [1.807, 2.05) is 67.8 Å². The fourth-order valence-electron chi connectivity index (χ4n) is 3.16. The Morgan fingerprint density at radius 2 is 1.96 bits per heavy atom. The van der Waals surface area contributed by atoms with Crippen LogP contribution < -0.4 is 5.32 Å². The molecule has 0 unspecified atom stereocenters. The van der Waals surface area contributed by atoms with Crippen molar-refractivity contribution in [2.24, 2.45) is 5.92 Å². The van der Waals surface area contributed by atoms with Gasteiger partial charge in [-0.25, -0.2) is 0 Å². The second kappa shape index (κ2) is 7.90. The number of hydrogen-bond donors (Lipinski definition) is 1. The summed E-state index contributed by atoms with van der Waals surface area (Å²) in [5.74, 6) is 0.818. The fourth-order valence-corrected chi connectivity index (χ4v) is 3.86. The van der Waals surface area contributed by atoms with Crippen molar-refractivity contribution >= 4 is 28.6 Å². The van der Waals surface area contributed by atoms with E-state index in [9.17, 15) is 4.79 Å². The molecular formula is C21H21N5OS. The Hall–Kier alpha value is -3.06. The average molecular weight is 392 g/mol. The van der Waals surface area contributed by atoms with Gasteiger partial charge in [-0.2, -0.15) is 9.61 Å². The van der Waals surface area contributed by atoms with Crippen molar-refractivity contribution in [2.75, 3.05) is 5.32 Å². The Bertz CT molecular complexity index is 1100. The third-order valence-electron chi connectivity index (χ3n) is 4.79. The Labute approximate surface area is 167 Å². The molecule has 1 N–H and O–H groups in total. The largest absolute Gasteiger partial charge is 0.326 e. The first-order valence-electron chi connectivity index (χ1n) is 9.37. The number of aromatic nitrogens is 4. The lowest BCUT2D eigenvalue weighted by molar-refractivity contribution is -0.120. The highest BCUT2D eigenvalue weighted by Gasteiger charge is 2.15. The summed E-state index contributed by atoms with van der Waals surface area (Å²) in [4.78, 5) is 13.4. The van der Waals surface area contributed by atoms with Crippen LogP contribution in [0.2, 0.25) is 0 Å². The van der Waals surface area contributed by atoms with Crippen LogP contribution in [0.3, 0.4) is 0 Å². The van der Waals surface area contributed by atoms with Crippen LogP contribution >= 0.6 is 11.3 Å². The number of anilines is 1. The highest BCUT2D eigenvalue weighted by molar-refractivity contribution is 7.13. The molecule has 28 heavy (non-hydrogen) atoms. The quantitative estimate of drug-likeness (QED) is 0.508. The molecule has 0 radical (unpaired) electrons. The van der Waals surface area contributed by atoms with Crippen molar-refractivity contribution in [1.29, 1.82) is 0 Å². The molecule has 4 rings (SSSR count). The Balaban J connectivity index is 1.67. The van der Waals surface area contributed by atoms with E-state index in [1.165, 1.54) is 0 Å². The van der Waals surface area contributed by atoms with E-state index in [4.69, 9.17) is 5.10 Å². The lowest BCUT2D eigenvalue weighted by atomic mass is 10.0. The molecule has 0 fully saturated rings. The van der Waals surface area contributed by atoms with E-state index in [1.54, 1.807) is 15.9 Å². The van der Waals surface area contributed by atoms with Crippen molar-refractivity contribution in [3.63, 3.8) is 0 Å². The van der Waals surface area contributed by atoms with E-state index in [-0.39, 0.29) is 11.8 Å². The predicted octanol–water partition coefficient (Wildman–Crippen LogP) is 4.89. The van der Waals surface area contributed by atoms with Crippen molar-refractivity contribution in [3.05, 3.63) is 53.9 Å². The molecule has 3 aromatic heterocycles. The van der Waals surface area contributed by atoms with Gasteiger partial charge in [-0.05, 0) is 48.6 Å². The van der Waals surface area contributed by atoms with Gasteiger partial charge in [-0.3, -0.25) is 4.79 Å². The zero-order chi connectivity index (χ0) is 19.5. The number of thiophene rings is 1. The van der Waals surface area contributed by atoms with Crippen molar-refractivity contribution in [2.45, 2.75) is 26.7 Å². The number of benzene rings is 1. The molecular weight excluding hydrogens is 370 g/mol. The SMILES string of the molecule is CCC(CC)C(=O)Nc1cccc(-c2ccc3nnc(-c4cccs4)n3n2)c1. The van der Waals surface area contributed by atoms with E-state index in [0.29, 0.717) is 5.65 Å². The van der Waals surface area contributed by atoms with Gasteiger partial charge in [0.15, 0.2) is 11.5 Å². The first kappa shape index (κ1) is 18.3. The van der Waals surface area contributed by atoms with Crippen LogP contribution in [0.25, 0.3) is 27.6 Å². The third-order valence-corrected chi connectivity index (χ3v) is 5.65. The highest BCUT2D eigenvalue weighted by atomic mass is 32.1. The Morgan fingerprint density at radius 1 is 1.11 bits per heavy atom. The van der Waals surface area contributed by atoms with Gasteiger partial charge in [-0.15, -0.1) is 21.5 Å². The molecule has 0 bridgehead atoms. The Morgan fingerprint density at radius 3 is 2.71 bits per heavy atom. The summed E-state index contributed by atoms with van der Waals surface area (Å²) in [7, 11) is 0. The lowest BCUT2D eigenvalue weighted by Crippen LogP contribution is -2.21. The molecule has 1 aromatic carbocycles. The molecule has 6 nitrogen and oxygen atoms in total. The van der Waals surface area contributed by atoms with Gasteiger partial charge in [0.05, 0.1) is 10.6 Å². The number of amides is 1. The van der Waals surface area contributed by atoms with E-state index in [0.717, 1.165) is 40.5 Å². The van der Waals surface area contributed by atoms with Crippen LogP contribution in [-0.2, 0) is 4.79 Å². The molecule has 0 aliphatic heterocycles. The Kier molecular flexibility index (Phi) is 5.16. The minimum atomic E-state index is 0.0310. The van der Waals surface area contributed by atoms with E-state index >= 15 is 0 Å². The number of nitrogens with zero attached hydrogens (tertiary/aromatic N) is 4. The summed E-state index contributed by atoms with van der Waals surface area (Å²) >= 11 is 1.60. The van der Waals surface area contributed by atoms with Gasteiger partial charge < -0.3 is 5.32 Å². The van der Waals surface area contributed by atoms with Crippen LogP contribution in [0.4, 0.5) is 5.69 Å². The summed E-state index contributed by atoms with van der Waals surface area (Å²) in [5.41, 5.74) is 3.20. The molecule has 0 aliphatic carbocycles. The zero-order valence-electron chi connectivity index (χ0n) is 15.8. The first-order chi connectivity index (χ1) is 13.7. The molecule has 0 saturated heterocycles. The maximum Gasteiger partial charge on any atom is 0.227 e. The van der Waals surface area contributed by atoms with Gasteiger partial charge in [-0.1, -0.05) is 32.0 Å². The second-order valence-electron chi connectivity index (χ2n) is 6.57. The summed E-state index contributed by atoms with van der Waals surface area (Å²) in [6.45, 7) is 4.07. The minimum absolute atomic E-state index is 0.0310. The lowest BCUT2D eigenvalue weighted by Gasteiger charge is -2.13. The predicted molar refractivity (Wildman–Crippen MR) is 112 cm³/mol. The number of carbonyl (C=O) groups excluding carboxylic acids is 1. The number of fused-ring (bicyclic) bond motifs is 1. The van der Waals surface area contributed by atoms with Gasteiger partial charge in [0, 0.05) is 17.2 Å². The van der Waals surface area contributed by atoms with Gasteiger partial charge >= 0.3 is 0 Å². The van der Waals surface area contributed by atoms with Crippen LogP contribution in [-0.4, -0.2) is 25.7 Å². The van der Waals surface area contributed by atoms with Crippen LogP contribution in [0.1, 0.15) is 26.7 Å². The summed E-state index contributed by atoms with van der Waals surface area (Å²) in [6, 6.07) is 15.6. The molecule has 0 saturated carbocycles. The molecule has 7 heteroatoms. The van der Waals surface area contributed by atoms with Crippen molar-refractivity contribution < 1.29 is 4.79 Å². The molecule has 4 aromatic rings. The first-order valence-corrected chi connectivity index (χ1v) is 10.2. The molecule has 3 heterocycles. The molecule has 0 aliphatic rings. The second-order valence-corrected chi connectivity index (χ2v) is 7.52. The topological polar surface area (TPSA) is 72.2 Å². The fraction of sp³-hybridized carbons (Fsp3) is 0.238. The highest BCUT2D eigenvalue weighted by Crippen LogP contribution is 2.26. The van der Waals surface area contributed by atoms with Crippen molar-refractivity contribution in [1.82, 2.24) is 19.8 Å². The monoisotopic (exact) mass is 391 g/mol. The van der Waals surface area contributed by atoms with Gasteiger partial charge in [0.1, 0.15) is 0 Å². The average Bonchev–Trinajstić information content (AvgIpc) is 3.38. The van der Waals surface area contributed by atoms with Gasteiger partial charge in [0.25, 0.3) is 0 Å². The van der Waals surface area contributed by atoms with Crippen LogP contribution in [0.15, 0.2) is 53.9 Å². The maximum absolute atomic E-state index is 12.4. The van der Waals surface area contributed by atoms with Gasteiger partial charge in [0.2, 0.25) is 5.91 Å². The summed E-state index contributed by atoms with van der Waals surface area (Å²) in [5, 5.41) is 18.2.